The van der Waals surface area contributed by atoms with Crippen molar-refractivity contribution in [3.63, 3.8) is 0 Å². The third-order valence-electron chi connectivity index (χ3n) is 0. The molecule has 0 unspecified atom stereocenters. The van der Waals surface area contributed by atoms with Crippen molar-refractivity contribution in [2.75, 3.05) is 0 Å². The average Bonchev–Trinajstić information content (AvgIpc) is 0. The Balaban J connectivity index is 0. The van der Waals surface area contributed by atoms with Crippen LogP contribution in [-0.2, 0) is 0 Å². The third-order valence-corrected chi connectivity index (χ3v) is 0. The van der Waals surface area contributed by atoms with E-state index >= 15 is 0 Å². The molecule has 0 aliphatic heterocycles. The summed E-state index contributed by atoms with van der Waals surface area (Å²) in [6.45, 7) is 0. The zero-order valence-corrected chi connectivity index (χ0v) is 6.12. The molecule has 0 spiro atoms. The summed E-state index contributed by atoms with van der Waals surface area (Å²) in [6, 6.07) is 0. The number of halogens is 5. The number of hydrogen-bond acceptors (Lipinski definition) is 0. The van der Waals surface area contributed by atoms with Gasteiger partial charge in [0.25, 0.3) is 0 Å². The first-order valence-corrected chi connectivity index (χ1v) is 0. The van der Waals surface area contributed by atoms with E-state index < -0.39 is 0 Å². The van der Waals surface area contributed by atoms with Crippen LogP contribution in [0.1, 0.15) is 0 Å². The molecular weight excluding hydrogens is 334 g/mol. The second kappa shape index (κ2) is 56.3. The average molecular weight is 343 g/mol. The minimum absolute atomic E-state index is 0. The van der Waals surface area contributed by atoms with Crippen molar-refractivity contribution < 1.29 is 0 Å². The van der Waals surface area contributed by atoms with Crippen molar-refractivity contribution in [2.45, 2.75) is 0 Å². The molecule has 0 saturated carbocycles. The van der Waals surface area contributed by atoms with E-state index in [0.29, 0.717) is 0 Å². The Morgan fingerprint density at radius 3 is 0.222 bits per heavy atom. The summed E-state index contributed by atoms with van der Waals surface area (Å²) in [5.74, 6) is 0. The summed E-state index contributed by atoms with van der Waals surface area (Å²) >= 11 is 0. The molecule has 0 saturated heterocycles. The van der Waals surface area contributed by atoms with Crippen molar-refractivity contribution >= 4 is 268 Å². The molecule has 0 aromatic rings. The predicted octanol–water partition coefficient (Wildman–Crippen LogP) is -0.485. The minimum atomic E-state index is 0. The molecule has 0 aliphatic carbocycles. The van der Waals surface area contributed by atoms with Crippen LogP contribution in [0.2, 0.25) is 0 Å². The van der Waals surface area contributed by atoms with Gasteiger partial charge >= 0.3 is 206 Å². The van der Waals surface area contributed by atoms with Crippen molar-refractivity contribution in [3.05, 3.63) is 0 Å². The van der Waals surface area contributed by atoms with Gasteiger partial charge in [0.1, 0.15) is 0 Å². The van der Waals surface area contributed by atoms with Crippen LogP contribution in [0.15, 0.2) is 0 Å². The molecule has 48 valence electrons. The monoisotopic (exact) mass is 340 g/mol. The Hall–Kier alpha value is 8.00. The summed E-state index contributed by atoms with van der Waals surface area (Å²) in [6.07, 6.45) is 0. The van der Waals surface area contributed by atoms with Gasteiger partial charge in [-0.3, -0.25) is 0 Å². The molecule has 0 aromatic heterocycles. The van der Waals surface area contributed by atoms with Crippen LogP contribution in [0.5, 0.6) is 0 Å². The molecule has 0 fully saturated rings. The third kappa shape index (κ3) is 49.0. The molecule has 0 atom stereocenters. The summed E-state index contributed by atoms with van der Waals surface area (Å²) < 4.78 is 0. The molecule has 0 nitrogen and oxygen atoms in total. The maximum atomic E-state index is 0. The Morgan fingerprint density at radius 1 is 0.222 bits per heavy atom. The molecule has 0 heterocycles. The van der Waals surface area contributed by atoms with E-state index in [2.05, 4.69) is 0 Å². The van der Waals surface area contributed by atoms with E-state index in [9.17, 15) is 0 Å². The second-order valence-corrected chi connectivity index (χ2v) is 0. The van der Waals surface area contributed by atoms with Crippen LogP contribution >= 0.6 is 62.0 Å². The first-order chi connectivity index (χ1) is 0. The zero-order valence-electron chi connectivity index (χ0n) is 2.04. The molecule has 0 aliphatic rings. The van der Waals surface area contributed by atoms with E-state index in [1.54, 1.807) is 0 Å². The fraction of sp³-hybridized carbons (Fsp3) is 0. The SMILES string of the molecule is Cl.Cl.Cl.Cl.Cl.[KH].[KH].[KH].[KH]. The topological polar surface area (TPSA) is 0 Å². The predicted molar refractivity (Wildman–Crippen MR) is 64.8 cm³/mol. The molecule has 0 radical (unpaired) electrons. The molecule has 0 N–H and O–H groups in total. The van der Waals surface area contributed by atoms with Crippen LogP contribution in [0, 0.1) is 0 Å². The Morgan fingerprint density at radius 2 is 0.222 bits per heavy atom. The quantitative estimate of drug-likeness (QED) is 0.522. The van der Waals surface area contributed by atoms with Gasteiger partial charge < -0.3 is 0 Å². The van der Waals surface area contributed by atoms with Gasteiger partial charge in [0.2, 0.25) is 0 Å². The van der Waals surface area contributed by atoms with Gasteiger partial charge in [0.05, 0.1) is 0 Å². The number of rotatable bonds is 0. The first-order valence-electron chi connectivity index (χ1n) is 0. The Kier molecular flexibility index (Phi) is 425. The van der Waals surface area contributed by atoms with Crippen LogP contribution in [-0.4, -0.2) is 206 Å². The molecule has 0 bridgehead atoms. The van der Waals surface area contributed by atoms with E-state index in [4.69, 9.17) is 0 Å². The maximum absolute atomic E-state index is 0. The molecular formula is H9Cl5K4. The Labute approximate surface area is 258 Å². The first kappa shape index (κ1) is 68.0. The van der Waals surface area contributed by atoms with Gasteiger partial charge in [-0.15, -0.1) is 62.0 Å². The van der Waals surface area contributed by atoms with Gasteiger partial charge in [-0.05, 0) is 0 Å². The van der Waals surface area contributed by atoms with Crippen LogP contribution < -0.4 is 0 Å². The normalized spacial score (nSPS) is 0. The van der Waals surface area contributed by atoms with Crippen LogP contribution in [0.3, 0.4) is 0 Å². The fourth-order valence-corrected chi connectivity index (χ4v) is 0. The van der Waals surface area contributed by atoms with Crippen LogP contribution in [0.25, 0.3) is 0 Å². The van der Waals surface area contributed by atoms with E-state index in [1.165, 1.54) is 0 Å². The van der Waals surface area contributed by atoms with Crippen molar-refractivity contribution in [3.8, 4) is 0 Å². The molecule has 0 rings (SSSR count). The molecule has 0 aromatic carbocycles. The van der Waals surface area contributed by atoms with E-state index in [1.807, 2.05) is 0 Å². The standard InChI is InChI=1S/5ClH.4K.4H/h5*1H;;;;;;;;. The van der Waals surface area contributed by atoms with E-state index in [0.717, 1.165) is 0 Å². The fourth-order valence-electron chi connectivity index (χ4n) is 0. The second-order valence-electron chi connectivity index (χ2n) is 0. The molecule has 9 heteroatoms. The van der Waals surface area contributed by atoms with Crippen molar-refractivity contribution in [1.82, 2.24) is 0 Å². The van der Waals surface area contributed by atoms with Gasteiger partial charge in [-0.1, -0.05) is 0 Å². The van der Waals surface area contributed by atoms with Crippen molar-refractivity contribution in [1.29, 1.82) is 0 Å². The van der Waals surface area contributed by atoms with Gasteiger partial charge in [-0.2, -0.15) is 0 Å². The Bertz CT molecular complexity index is 8.92. The summed E-state index contributed by atoms with van der Waals surface area (Å²) in [5, 5.41) is 0. The van der Waals surface area contributed by atoms with Gasteiger partial charge in [0.15, 0.2) is 0 Å². The van der Waals surface area contributed by atoms with Crippen molar-refractivity contribution in [2.24, 2.45) is 0 Å². The van der Waals surface area contributed by atoms with E-state index in [-0.39, 0.29) is 268 Å². The number of hydrogen-bond donors (Lipinski definition) is 0. The molecule has 9 heavy (non-hydrogen) atoms. The summed E-state index contributed by atoms with van der Waals surface area (Å²) in [5.41, 5.74) is 0. The molecule has 0 amide bonds. The summed E-state index contributed by atoms with van der Waals surface area (Å²) in [7, 11) is 0. The summed E-state index contributed by atoms with van der Waals surface area (Å²) in [4.78, 5) is 0. The van der Waals surface area contributed by atoms with Crippen LogP contribution in [0.4, 0.5) is 0 Å². The van der Waals surface area contributed by atoms with Gasteiger partial charge in [0, 0.05) is 0 Å². The van der Waals surface area contributed by atoms with Gasteiger partial charge in [-0.25, -0.2) is 0 Å². The zero-order chi connectivity index (χ0) is 0.